The Labute approximate surface area is 180 Å². The molecule has 2 aromatic heterocycles. The number of pyridine rings is 1. The number of aromatic nitrogens is 2. The highest BCUT2D eigenvalue weighted by molar-refractivity contribution is 5.89. The normalized spacial score (nSPS) is 11.2. The molecule has 0 unspecified atom stereocenters. The quantitative estimate of drug-likeness (QED) is 0.360. The van der Waals surface area contributed by atoms with Crippen molar-refractivity contribution < 1.29 is 4.74 Å². The van der Waals surface area contributed by atoms with E-state index in [0.717, 1.165) is 39.2 Å². The fourth-order valence-electron chi connectivity index (χ4n) is 3.83. The third-order valence-corrected chi connectivity index (χ3v) is 5.36. The lowest BCUT2D eigenvalue weighted by Gasteiger charge is -2.10. The Kier molecular flexibility index (Phi) is 4.70. The number of benzene rings is 3. The highest BCUT2D eigenvalue weighted by Crippen LogP contribution is 2.31. The molecule has 148 valence electrons. The molecule has 0 radical (unpaired) electrons. The van der Waals surface area contributed by atoms with Crippen molar-refractivity contribution in [3.63, 3.8) is 0 Å². The van der Waals surface area contributed by atoms with Crippen molar-refractivity contribution in [3.05, 3.63) is 102 Å². The fourth-order valence-corrected chi connectivity index (χ4v) is 3.83. The van der Waals surface area contributed by atoms with Crippen molar-refractivity contribution in [2.45, 2.75) is 0 Å². The zero-order chi connectivity index (χ0) is 21.2. The van der Waals surface area contributed by atoms with Crippen LogP contribution in [0.1, 0.15) is 16.8 Å². The largest absolute Gasteiger partial charge is 0.497 e. The molecule has 0 aliphatic heterocycles. The standard InChI is InChI=1S/C27H19N3O/c1-31-22-15-12-19(13-16-22)11-14-21-17-23(20-7-3-2-4-8-20)24(18-28)27-29-25-9-5-6-10-26(25)30(21)27/h2-17H,1H3/b14-11+. The third-order valence-electron chi connectivity index (χ3n) is 5.36. The number of hydrogen-bond donors (Lipinski definition) is 0. The SMILES string of the molecule is COc1ccc(/C=C/c2cc(-c3ccccc3)c(C#N)c3nc4ccccc4n23)cc1. The van der Waals surface area contributed by atoms with Crippen LogP contribution in [0.15, 0.2) is 84.9 Å². The second-order valence-electron chi connectivity index (χ2n) is 7.20. The van der Waals surface area contributed by atoms with Gasteiger partial charge in [-0.1, -0.05) is 60.7 Å². The Morgan fingerprint density at radius 1 is 0.903 bits per heavy atom. The van der Waals surface area contributed by atoms with Gasteiger partial charge in [0.15, 0.2) is 5.65 Å². The number of hydrogen-bond acceptors (Lipinski definition) is 3. The molecule has 0 spiro atoms. The van der Waals surface area contributed by atoms with E-state index in [9.17, 15) is 5.26 Å². The zero-order valence-electron chi connectivity index (χ0n) is 17.0. The Bertz CT molecular complexity index is 1460. The molecule has 5 aromatic rings. The minimum atomic E-state index is 0.573. The lowest BCUT2D eigenvalue weighted by atomic mass is 10.00. The van der Waals surface area contributed by atoms with Gasteiger partial charge in [-0.25, -0.2) is 4.98 Å². The first kappa shape index (κ1) is 18.7. The molecule has 0 N–H and O–H groups in total. The first-order valence-corrected chi connectivity index (χ1v) is 10.0. The van der Waals surface area contributed by atoms with Crippen molar-refractivity contribution in [3.8, 4) is 22.9 Å². The maximum atomic E-state index is 10.0. The predicted molar refractivity (Wildman–Crippen MR) is 125 cm³/mol. The van der Waals surface area contributed by atoms with E-state index in [1.807, 2.05) is 78.9 Å². The van der Waals surface area contributed by atoms with E-state index in [-0.39, 0.29) is 0 Å². The van der Waals surface area contributed by atoms with E-state index in [4.69, 9.17) is 9.72 Å². The summed E-state index contributed by atoms with van der Waals surface area (Å²) in [5.74, 6) is 0.824. The maximum absolute atomic E-state index is 10.0. The van der Waals surface area contributed by atoms with E-state index in [2.05, 4.69) is 28.7 Å². The van der Waals surface area contributed by atoms with Gasteiger partial charge in [-0.2, -0.15) is 5.26 Å². The Hall–Kier alpha value is -4.36. The smallest absolute Gasteiger partial charge is 0.157 e. The Morgan fingerprint density at radius 3 is 2.39 bits per heavy atom. The molecular weight excluding hydrogens is 382 g/mol. The number of fused-ring (bicyclic) bond motifs is 3. The number of methoxy groups -OCH3 is 1. The van der Waals surface area contributed by atoms with Crippen LogP contribution >= 0.6 is 0 Å². The maximum Gasteiger partial charge on any atom is 0.157 e. The molecule has 3 aromatic carbocycles. The van der Waals surface area contributed by atoms with E-state index in [1.54, 1.807) is 7.11 Å². The van der Waals surface area contributed by atoms with Gasteiger partial charge in [-0.05, 0) is 47.5 Å². The van der Waals surface area contributed by atoms with Crippen molar-refractivity contribution in [1.82, 2.24) is 9.38 Å². The third kappa shape index (κ3) is 3.33. The molecular formula is C27H19N3O. The highest BCUT2D eigenvalue weighted by atomic mass is 16.5. The molecule has 0 bridgehead atoms. The van der Waals surface area contributed by atoms with E-state index in [1.165, 1.54) is 0 Å². The number of imidazole rings is 1. The van der Waals surface area contributed by atoms with Crippen LogP contribution in [0.2, 0.25) is 0 Å². The summed E-state index contributed by atoms with van der Waals surface area (Å²) in [7, 11) is 1.66. The Morgan fingerprint density at radius 2 is 1.65 bits per heavy atom. The Balaban J connectivity index is 1.77. The van der Waals surface area contributed by atoms with E-state index < -0.39 is 0 Å². The predicted octanol–water partition coefficient (Wildman–Crippen LogP) is 6.21. The molecule has 31 heavy (non-hydrogen) atoms. The molecule has 5 rings (SSSR count). The molecule has 0 aliphatic carbocycles. The zero-order valence-corrected chi connectivity index (χ0v) is 17.0. The first-order chi connectivity index (χ1) is 15.3. The summed E-state index contributed by atoms with van der Waals surface area (Å²) in [4.78, 5) is 4.80. The van der Waals surface area contributed by atoms with Gasteiger partial charge >= 0.3 is 0 Å². The first-order valence-electron chi connectivity index (χ1n) is 10.0. The molecule has 2 heterocycles. The minimum absolute atomic E-state index is 0.573. The van der Waals surface area contributed by atoms with Crippen molar-refractivity contribution >= 4 is 28.8 Å². The number of para-hydroxylation sites is 2. The lowest BCUT2D eigenvalue weighted by Crippen LogP contribution is -1.98. The molecule has 0 atom stereocenters. The van der Waals surface area contributed by atoms with Crippen LogP contribution in [0, 0.1) is 11.3 Å². The molecule has 4 heteroatoms. The highest BCUT2D eigenvalue weighted by Gasteiger charge is 2.16. The van der Waals surface area contributed by atoms with Crippen LogP contribution in [0.3, 0.4) is 0 Å². The average molecular weight is 401 g/mol. The summed E-state index contributed by atoms with van der Waals surface area (Å²) >= 11 is 0. The van der Waals surface area contributed by atoms with Crippen LogP contribution in [0.4, 0.5) is 0 Å². The van der Waals surface area contributed by atoms with Gasteiger partial charge in [0.1, 0.15) is 17.4 Å². The summed E-state index contributed by atoms with van der Waals surface area (Å²) in [6.45, 7) is 0. The minimum Gasteiger partial charge on any atom is -0.497 e. The molecule has 0 saturated carbocycles. The molecule has 0 amide bonds. The van der Waals surface area contributed by atoms with Gasteiger partial charge in [-0.15, -0.1) is 0 Å². The summed E-state index contributed by atoms with van der Waals surface area (Å²) in [6.07, 6.45) is 4.13. The fraction of sp³-hybridized carbons (Fsp3) is 0.0370. The molecule has 4 nitrogen and oxygen atoms in total. The van der Waals surface area contributed by atoms with Crippen LogP contribution in [0.25, 0.3) is 40.0 Å². The lowest BCUT2D eigenvalue weighted by molar-refractivity contribution is 0.415. The van der Waals surface area contributed by atoms with Crippen molar-refractivity contribution in [1.29, 1.82) is 5.26 Å². The van der Waals surface area contributed by atoms with Gasteiger partial charge < -0.3 is 4.74 Å². The van der Waals surface area contributed by atoms with Crippen molar-refractivity contribution in [2.24, 2.45) is 0 Å². The summed E-state index contributed by atoms with van der Waals surface area (Å²) in [6, 6.07) is 30.3. The van der Waals surface area contributed by atoms with Gasteiger partial charge in [0.25, 0.3) is 0 Å². The van der Waals surface area contributed by atoms with E-state index >= 15 is 0 Å². The molecule has 0 aliphatic rings. The van der Waals surface area contributed by atoms with Crippen LogP contribution in [-0.2, 0) is 0 Å². The number of ether oxygens (including phenoxy) is 1. The number of nitrogens with zero attached hydrogens (tertiary/aromatic N) is 3. The van der Waals surface area contributed by atoms with Crippen molar-refractivity contribution in [2.75, 3.05) is 7.11 Å². The molecule has 0 saturated heterocycles. The van der Waals surface area contributed by atoms with Crippen LogP contribution < -0.4 is 4.74 Å². The van der Waals surface area contributed by atoms with Gasteiger partial charge in [0, 0.05) is 11.3 Å². The second kappa shape index (κ2) is 7.81. The topological polar surface area (TPSA) is 50.3 Å². The summed E-state index contributed by atoms with van der Waals surface area (Å²) < 4.78 is 7.31. The van der Waals surface area contributed by atoms with Crippen LogP contribution in [-0.4, -0.2) is 16.5 Å². The number of rotatable bonds is 4. The monoisotopic (exact) mass is 401 g/mol. The van der Waals surface area contributed by atoms with Crippen LogP contribution in [0.5, 0.6) is 5.75 Å². The second-order valence-corrected chi connectivity index (χ2v) is 7.20. The number of nitriles is 1. The van der Waals surface area contributed by atoms with E-state index in [0.29, 0.717) is 11.2 Å². The van der Waals surface area contributed by atoms with Gasteiger partial charge in [-0.3, -0.25) is 4.40 Å². The average Bonchev–Trinajstić information content (AvgIpc) is 3.22. The van der Waals surface area contributed by atoms with Gasteiger partial charge in [0.05, 0.1) is 18.1 Å². The summed E-state index contributed by atoms with van der Waals surface area (Å²) in [5.41, 5.74) is 6.96. The summed E-state index contributed by atoms with van der Waals surface area (Å²) in [5, 5.41) is 10.0. The molecule has 0 fully saturated rings. The van der Waals surface area contributed by atoms with Gasteiger partial charge in [0.2, 0.25) is 0 Å².